The maximum Gasteiger partial charge on any atom is 0.270 e. The first-order valence-electron chi connectivity index (χ1n) is 7.19. The number of rotatable bonds is 1. The Morgan fingerprint density at radius 2 is 2.40 bits per heavy atom. The zero-order chi connectivity index (χ0) is 13.7. The van der Waals surface area contributed by atoms with Crippen molar-refractivity contribution in [2.75, 3.05) is 13.1 Å². The van der Waals surface area contributed by atoms with Crippen molar-refractivity contribution in [3.63, 3.8) is 0 Å². The van der Waals surface area contributed by atoms with Crippen LogP contribution in [0.25, 0.3) is 10.2 Å². The Kier molecular flexibility index (Phi) is 2.69. The highest BCUT2D eigenvalue weighted by molar-refractivity contribution is 7.17. The second kappa shape index (κ2) is 4.33. The molecule has 4 nitrogen and oxygen atoms in total. The summed E-state index contributed by atoms with van der Waals surface area (Å²) in [6.45, 7) is 3.49. The summed E-state index contributed by atoms with van der Waals surface area (Å²) in [4.78, 5) is 17.9. The third-order valence-corrected chi connectivity index (χ3v) is 5.29. The lowest BCUT2D eigenvalue weighted by Crippen LogP contribution is -2.59. The van der Waals surface area contributed by atoms with Gasteiger partial charge in [0.05, 0.1) is 28.5 Å². The monoisotopic (exact) mass is 290 g/mol. The van der Waals surface area contributed by atoms with Crippen LogP contribution in [0.3, 0.4) is 0 Å². The predicted octanol–water partition coefficient (Wildman–Crippen LogP) is 3.01. The molecule has 1 aliphatic heterocycles. The van der Waals surface area contributed by atoms with Gasteiger partial charge in [-0.25, -0.2) is 0 Å². The van der Waals surface area contributed by atoms with Crippen molar-refractivity contribution in [2.45, 2.75) is 37.9 Å². The minimum Gasteiger partial charge on any atom is -0.368 e. The van der Waals surface area contributed by atoms with Gasteiger partial charge in [-0.15, -0.1) is 11.3 Å². The average molecular weight is 290 g/mol. The summed E-state index contributed by atoms with van der Waals surface area (Å²) in [7, 11) is 0. The normalized spacial score (nSPS) is 25.1. The number of hydrogen-bond donors (Lipinski definition) is 1. The van der Waals surface area contributed by atoms with E-state index in [0.717, 1.165) is 29.6 Å². The number of carbonyl (C=O) groups is 1. The van der Waals surface area contributed by atoms with Gasteiger partial charge in [0.15, 0.2) is 0 Å². The molecule has 0 radical (unpaired) electrons. The molecule has 1 spiro atoms. The number of amides is 1. The van der Waals surface area contributed by atoms with E-state index in [2.05, 4.69) is 11.9 Å². The Hall–Kier alpha value is -1.33. The molecule has 1 saturated heterocycles. The maximum atomic E-state index is 12.7. The Labute approximate surface area is 121 Å². The summed E-state index contributed by atoms with van der Waals surface area (Å²) in [6, 6.07) is 3.99. The van der Waals surface area contributed by atoms with E-state index >= 15 is 0 Å². The minimum absolute atomic E-state index is 0.0582. The van der Waals surface area contributed by atoms with Crippen LogP contribution < -0.4 is 0 Å². The fourth-order valence-corrected chi connectivity index (χ4v) is 4.14. The molecule has 0 aromatic carbocycles. The molecule has 1 atom stereocenters. The van der Waals surface area contributed by atoms with Crippen LogP contribution in [0.5, 0.6) is 0 Å². The number of nitrogens with one attached hydrogen (secondary N) is 1. The van der Waals surface area contributed by atoms with Crippen molar-refractivity contribution in [3.8, 4) is 0 Å². The first kappa shape index (κ1) is 12.4. The average Bonchev–Trinajstić information content (AvgIpc) is 2.95. The van der Waals surface area contributed by atoms with E-state index in [1.165, 1.54) is 6.42 Å². The van der Waals surface area contributed by atoms with Crippen LogP contribution in [0.15, 0.2) is 17.5 Å². The summed E-state index contributed by atoms with van der Waals surface area (Å²) in [5.41, 5.74) is 1.70. The van der Waals surface area contributed by atoms with Crippen LogP contribution in [0.1, 0.15) is 36.7 Å². The molecule has 5 heteroatoms. The highest BCUT2D eigenvalue weighted by Crippen LogP contribution is 2.40. The number of ether oxygens (including phenoxy) is 1. The molecule has 20 heavy (non-hydrogen) atoms. The van der Waals surface area contributed by atoms with Gasteiger partial charge >= 0.3 is 0 Å². The van der Waals surface area contributed by atoms with Gasteiger partial charge < -0.3 is 14.6 Å². The Balaban J connectivity index is 1.59. The Bertz CT molecular complexity index is 627. The van der Waals surface area contributed by atoms with Crippen LogP contribution in [0.2, 0.25) is 0 Å². The van der Waals surface area contributed by atoms with E-state index in [4.69, 9.17) is 4.74 Å². The van der Waals surface area contributed by atoms with Gasteiger partial charge in [-0.05, 0) is 43.7 Å². The Morgan fingerprint density at radius 1 is 1.55 bits per heavy atom. The zero-order valence-corrected chi connectivity index (χ0v) is 12.3. The molecular weight excluding hydrogens is 272 g/mol. The highest BCUT2D eigenvalue weighted by atomic mass is 32.1. The molecule has 2 fully saturated rings. The van der Waals surface area contributed by atoms with Gasteiger partial charge in [0, 0.05) is 6.54 Å². The van der Waals surface area contributed by atoms with Crippen molar-refractivity contribution in [1.29, 1.82) is 0 Å². The van der Waals surface area contributed by atoms with E-state index in [9.17, 15) is 4.79 Å². The summed E-state index contributed by atoms with van der Waals surface area (Å²) >= 11 is 1.66. The molecule has 2 aromatic rings. The predicted molar refractivity (Wildman–Crippen MR) is 79.2 cm³/mol. The van der Waals surface area contributed by atoms with Crippen LogP contribution in [-0.2, 0) is 4.74 Å². The topological polar surface area (TPSA) is 45.3 Å². The van der Waals surface area contributed by atoms with Gasteiger partial charge in [-0.2, -0.15) is 0 Å². The highest BCUT2D eigenvalue weighted by Gasteiger charge is 2.45. The Morgan fingerprint density at radius 3 is 3.10 bits per heavy atom. The number of morpholine rings is 1. The number of carbonyl (C=O) groups excluding carboxylic acids is 1. The maximum absolute atomic E-state index is 12.7. The standard InChI is InChI=1S/C15H18N2O2S/c1-10-8-17(9-15(19-10)4-2-5-15)14(18)12-7-13-11(16-12)3-6-20-13/h3,6-7,10,16H,2,4-5,8-9H2,1H3. The van der Waals surface area contributed by atoms with Crippen molar-refractivity contribution in [2.24, 2.45) is 0 Å². The largest absolute Gasteiger partial charge is 0.368 e. The van der Waals surface area contributed by atoms with Crippen molar-refractivity contribution >= 4 is 27.5 Å². The molecule has 2 aliphatic rings. The molecule has 1 N–H and O–H groups in total. The lowest BCUT2D eigenvalue weighted by molar-refractivity contribution is -0.176. The molecule has 2 aromatic heterocycles. The number of hydrogen-bond acceptors (Lipinski definition) is 3. The molecule has 1 unspecified atom stereocenters. The van der Waals surface area contributed by atoms with E-state index < -0.39 is 0 Å². The van der Waals surface area contributed by atoms with Gasteiger partial charge in [-0.1, -0.05) is 0 Å². The number of aromatic nitrogens is 1. The van der Waals surface area contributed by atoms with E-state index in [0.29, 0.717) is 12.2 Å². The minimum atomic E-state index is -0.0582. The lowest BCUT2D eigenvalue weighted by Gasteiger charge is -2.50. The van der Waals surface area contributed by atoms with Crippen LogP contribution in [0.4, 0.5) is 0 Å². The van der Waals surface area contributed by atoms with Crippen LogP contribution >= 0.6 is 11.3 Å². The first-order valence-corrected chi connectivity index (χ1v) is 8.07. The number of thiophene rings is 1. The molecule has 3 heterocycles. The third kappa shape index (κ3) is 1.88. The molecule has 1 amide bonds. The fraction of sp³-hybridized carbons (Fsp3) is 0.533. The zero-order valence-electron chi connectivity index (χ0n) is 11.5. The smallest absolute Gasteiger partial charge is 0.270 e. The molecule has 106 valence electrons. The van der Waals surface area contributed by atoms with Crippen molar-refractivity contribution in [1.82, 2.24) is 9.88 Å². The summed E-state index contributed by atoms with van der Waals surface area (Å²) in [5, 5.41) is 2.04. The second-order valence-electron chi connectivity index (χ2n) is 6.03. The van der Waals surface area contributed by atoms with E-state index in [1.54, 1.807) is 11.3 Å². The van der Waals surface area contributed by atoms with Crippen molar-refractivity contribution in [3.05, 3.63) is 23.2 Å². The number of nitrogens with zero attached hydrogens (tertiary/aromatic N) is 1. The number of H-pyrrole nitrogens is 1. The molecule has 0 bridgehead atoms. The second-order valence-corrected chi connectivity index (χ2v) is 6.98. The molecule has 1 aliphatic carbocycles. The summed E-state index contributed by atoms with van der Waals surface area (Å²) < 4.78 is 7.21. The van der Waals surface area contributed by atoms with Gasteiger partial charge in [0.25, 0.3) is 5.91 Å². The van der Waals surface area contributed by atoms with Gasteiger partial charge in [0.2, 0.25) is 0 Å². The summed E-state index contributed by atoms with van der Waals surface area (Å²) in [6.07, 6.45) is 3.51. The van der Waals surface area contributed by atoms with Gasteiger partial charge in [-0.3, -0.25) is 4.79 Å². The fourth-order valence-electron chi connectivity index (χ4n) is 3.36. The quantitative estimate of drug-likeness (QED) is 0.877. The third-order valence-electron chi connectivity index (χ3n) is 4.43. The van der Waals surface area contributed by atoms with Crippen LogP contribution in [-0.4, -0.2) is 40.6 Å². The van der Waals surface area contributed by atoms with E-state index in [1.807, 2.05) is 22.4 Å². The SMILES string of the molecule is CC1CN(C(=O)c2cc3sccc3[nH]2)CC2(CCC2)O1. The van der Waals surface area contributed by atoms with Crippen LogP contribution in [0, 0.1) is 0 Å². The lowest BCUT2D eigenvalue weighted by atomic mass is 9.78. The molecule has 1 saturated carbocycles. The first-order chi connectivity index (χ1) is 9.65. The number of fused-ring (bicyclic) bond motifs is 1. The van der Waals surface area contributed by atoms with E-state index in [-0.39, 0.29) is 17.6 Å². The summed E-state index contributed by atoms with van der Waals surface area (Å²) in [5.74, 6) is 0.106. The van der Waals surface area contributed by atoms with Crippen molar-refractivity contribution < 1.29 is 9.53 Å². The number of aromatic amines is 1. The molecular formula is C15H18N2O2S. The van der Waals surface area contributed by atoms with Gasteiger partial charge in [0.1, 0.15) is 5.69 Å². The molecule has 4 rings (SSSR count).